The fourth-order valence-corrected chi connectivity index (χ4v) is 2.35. The van der Waals surface area contributed by atoms with Crippen molar-refractivity contribution in [1.82, 2.24) is 4.98 Å². The quantitative estimate of drug-likeness (QED) is 0.727. The molecular weight excluding hydrogens is 314 g/mol. The largest absolute Gasteiger partial charge is 0.497 e. The summed E-state index contributed by atoms with van der Waals surface area (Å²) in [5.41, 5.74) is 3.17. The number of amides is 1. The molecule has 0 unspecified atom stereocenters. The van der Waals surface area contributed by atoms with Gasteiger partial charge in [0.1, 0.15) is 11.6 Å². The number of aromatic nitrogens is 1. The van der Waals surface area contributed by atoms with Gasteiger partial charge >= 0.3 is 0 Å². The molecule has 0 aliphatic rings. The summed E-state index contributed by atoms with van der Waals surface area (Å²) >= 11 is 0. The van der Waals surface area contributed by atoms with Crippen LogP contribution in [-0.4, -0.2) is 18.0 Å². The maximum atomic E-state index is 12.6. The van der Waals surface area contributed by atoms with Gasteiger partial charge in [-0.25, -0.2) is 4.98 Å². The third-order valence-electron chi connectivity index (χ3n) is 3.69. The molecule has 1 aromatic heterocycles. The van der Waals surface area contributed by atoms with Gasteiger partial charge in [-0.2, -0.15) is 0 Å². The molecule has 1 heterocycles. The summed E-state index contributed by atoms with van der Waals surface area (Å²) in [6.07, 6.45) is 1.72. The van der Waals surface area contributed by atoms with Crippen LogP contribution in [0.5, 0.6) is 5.75 Å². The lowest BCUT2D eigenvalue weighted by Gasteiger charge is -2.12. The maximum absolute atomic E-state index is 12.6. The zero-order chi connectivity index (χ0) is 17.6. The summed E-state index contributed by atoms with van der Waals surface area (Å²) in [5.74, 6) is 1.09. The van der Waals surface area contributed by atoms with Crippen LogP contribution in [0.25, 0.3) is 0 Å². The molecule has 2 aromatic carbocycles. The molecule has 0 fully saturated rings. The second-order valence-corrected chi connectivity index (χ2v) is 5.57. The number of benzene rings is 2. The van der Waals surface area contributed by atoms with Crippen molar-refractivity contribution in [3.63, 3.8) is 0 Å². The number of methoxy groups -OCH3 is 1. The molecule has 0 aliphatic carbocycles. The topological polar surface area (TPSA) is 63.2 Å². The van der Waals surface area contributed by atoms with Gasteiger partial charge in [-0.15, -0.1) is 0 Å². The molecule has 0 saturated carbocycles. The third-order valence-corrected chi connectivity index (χ3v) is 3.69. The van der Waals surface area contributed by atoms with Crippen LogP contribution < -0.4 is 15.4 Å². The number of nitrogens with one attached hydrogen (secondary N) is 2. The van der Waals surface area contributed by atoms with E-state index in [2.05, 4.69) is 15.6 Å². The van der Waals surface area contributed by atoms with E-state index in [9.17, 15) is 4.79 Å². The van der Waals surface area contributed by atoms with Gasteiger partial charge in [0.15, 0.2) is 0 Å². The highest BCUT2D eigenvalue weighted by atomic mass is 16.5. The molecule has 0 bridgehead atoms. The maximum Gasteiger partial charge on any atom is 0.258 e. The summed E-state index contributed by atoms with van der Waals surface area (Å²) in [4.78, 5) is 16.8. The van der Waals surface area contributed by atoms with E-state index in [1.54, 1.807) is 25.4 Å². The van der Waals surface area contributed by atoms with Crippen molar-refractivity contribution in [3.8, 4) is 5.75 Å². The first kappa shape index (κ1) is 16.5. The molecule has 2 N–H and O–H groups in total. The molecule has 0 saturated heterocycles. The Morgan fingerprint density at radius 2 is 1.76 bits per heavy atom. The van der Waals surface area contributed by atoms with Gasteiger partial charge in [0.2, 0.25) is 0 Å². The van der Waals surface area contributed by atoms with E-state index in [0.29, 0.717) is 11.4 Å². The number of hydrogen-bond donors (Lipinski definition) is 2. The van der Waals surface area contributed by atoms with Crippen LogP contribution >= 0.6 is 0 Å². The summed E-state index contributed by atoms with van der Waals surface area (Å²) in [6, 6.07) is 18.6. The van der Waals surface area contributed by atoms with Crippen LogP contribution in [0.2, 0.25) is 0 Å². The summed E-state index contributed by atoms with van der Waals surface area (Å²) in [5, 5.41) is 6.08. The molecule has 0 spiro atoms. The van der Waals surface area contributed by atoms with Crippen LogP contribution in [0.3, 0.4) is 0 Å². The van der Waals surface area contributed by atoms with Crippen LogP contribution in [0.1, 0.15) is 15.9 Å². The molecule has 5 heteroatoms. The van der Waals surface area contributed by atoms with E-state index in [-0.39, 0.29) is 5.91 Å². The Bertz CT molecular complexity index is 859. The summed E-state index contributed by atoms with van der Waals surface area (Å²) < 4.78 is 5.16. The lowest BCUT2D eigenvalue weighted by molar-refractivity contribution is 0.102. The van der Waals surface area contributed by atoms with Gasteiger partial charge in [0, 0.05) is 11.9 Å². The average Bonchev–Trinajstić information content (AvgIpc) is 2.64. The van der Waals surface area contributed by atoms with Gasteiger partial charge in [-0.1, -0.05) is 18.2 Å². The first-order valence-electron chi connectivity index (χ1n) is 7.90. The molecule has 3 aromatic rings. The molecule has 3 rings (SSSR count). The number of nitrogens with zero attached hydrogens (tertiary/aromatic N) is 1. The number of hydrogen-bond acceptors (Lipinski definition) is 4. The molecule has 0 aliphatic heterocycles. The second kappa shape index (κ2) is 7.49. The van der Waals surface area contributed by atoms with Crippen LogP contribution in [0, 0.1) is 6.92 Å². The Morgan fingerprint density at radius 1 is 1.00 bits per heavy atom. The van der Waals surface area contributed by atoms with Gasteiger partial charge in [0.25, 0.3) is 5.91 Å². The first-order chi connectivity index (χ1) is 12.2. The smallest absolute Gasteiger partial charge is 0.258 e. The number of carbonyl (C=O) groups excluding carboxylic acids is 1. The summed E-state index contributed by atoms with van der Waals surface area (Å²) in [7, 11) is 1.63. The Kier molecular flexibility index (Phi) is 4.95. The van der Waals surface area contributed by atoms with Gasteiger partial charge < -0.3 is 15.4 Å². The summed E-state index contributed by atoms with van der Waals surface area (Å²) in [6.45, 7) is 1.95. The van der Waals surface area contributed by atoms with Crippen molar-refractivity contribution in [2.45, 2.75) is 6.92 Å². The number of anilines is 3. The Morgan fingerprint density at radius 3 is 2.44 bits per heavy atom. The van der Waals surface area contributed by atoms with Crippen molar-refractivity contribution >= 4 is 23.1 Å². The number of carbonyl (C=O) groups is 1. The van der Waals surface area contributed by atoms with E-state index in [1.165, 1.54) is 0 Å². The zero-order valence-electron chi connectivity index (χ0n) is 14.1. The predicted molar refractivity (Wildman–Crippen MR) is 99.6 cm³/mol. The van der Waals surface area contributed by atoms with Crippen LogP contribution in [0.15, 0.2) is 66.9 Å². The number of aryl methyl sites for hydroxylation is 1. The lowest BCUT2D eigenvalue weighted by Crippen LogP contribution is -2.14. The fraction of sp³-hybridized carbons (Fsp3) is 0.100. The van der Waals surface area contributed by atoms with Crippen molar-refractivity contribution in [2.75, 3.05) is 17.7 Å². The van der Waals surface area contributed by atoms with E-state index in [0.717, 1.165) is 22.7 Å². The lowest BCUT2D eigenvalue weighted by atomic mass is 10.1. The normalized spacial score (nSPS) is 10.2. The Balaban J connectivity index is 1.79. The molecule has 1 amide bonds. The molecule has 126 valence electrons. The minimum Gasteiger partial charge on any atom is -0.497 e. The van der Waals surface area contributed by atoms with Crippen molar-refractivity contribution < 1.29 is 9.53 Å². The second-order valence-electron chi connectivity index (χ2n) is 5.57. The highest BCUT2D eigenvalue weighted by Gasteiger charge is 2.12. The van der Waals surface area contributed by atoms with Gasteiger partial charge in [-0.3, -0.25) is 4.79 Å². The molecule has 0 atom stereocenters. The van der Waals surface area contributed by atoms with E-state index in [4.69, 9.17) is 4.74 Å². The highest BCUT2D eigenvalue weighted by Crippen LogP contribution is 2.23. The monoisotopic (exact) mass is 333 g/mol. The number of para-hydroxylation sites is 1. The standard InChI is InChI=1S/C20H19N3O2/c1-14-7-12-19(21-13-14)23-20(24)17-5-3-4-6-18(17)22-15-8-10-16(25-2)11-9-15/h3-13,22H,1-2H3,(H,21,23,24). The molecule has 25 heavy (non-hydrogen) atoms. The fourth-order valence-electron chi connectivity index (χ4n) is 2.35. The number of pyridine rings is 1. The van der Waals surface area contributed by atoms with E-state index >= 15 is 0 Å². The molecule has 0 radical (unpaired) electrons. The predicted octanol–water partition coefficient (Wildman–Crippen LogP) is 4.39. The van der Waals surface area contributed by atoms with Crippen LogP contribution in [0.4, 0.5) is 17.2 Å². The van der Waals surface area contributed by atoms with Gasteiger partial charge in [-0.05, 0) is 55.0 Å². The average molecular weight is 333 g/mol. The third kappa shape index (κ3) is 4.14. The minimum atomic E-state index is -0.215. The highest BCUT2D eigenvalue weighted by molar-refractivity contribution is 6.08. The van der Waals surface area contributed by atoms with E-state index < -0.39 is 0 Å². The van der Waals surface area contributed by atoms with Crippen LogP contribution in [-0.2, 0) is 0 Å². The molecular formula is C20H19N3O2. The number of rotatable bonds is 5. The Hall–Kier alpha value is -3.34. The zero-order valence-corrected chi connectivity index (χ0v) is 14.1. The number of ether oxygens (including phenoxy) is 1. The first-order valence-corrected chi connectivity index (χ1v) is 7.90. The Labute approximate surface area is 146 Å². The SMILES string of the molecule is COc1ccc(Nc2ccccc2C(=O)Nc2ccc(C)cn2)cc1. The van der Waals surface area contributed by atoms with Crippen molar-refractivity contribution in [1.29, 1.82) is 0 Å². The van der Waals surface area contributed by atoms with Crippen molar-refractivity contribution in [3.05, 3.63) is 78.0 Å². The minimum absolute atomic E-state index is 0.215. The van der Waals surface area contributed by atoms with Crippen molar-refractivity contribution in [2.24, 2.45) is 0 Å². The molecule has 5 nitrogen and oxygen atoms in total. The van der Waals surface area contributed by atoms with Gasteiger partial charge in [0.05, 0.1) is 18.4 Å². The van der Waals surface area contributed by atoms with E-state index in [1.807, 2.05) is 55.5 Å².